The van der Waals surface area contributed by atoms with E-state index in [1.165, 1.54) is 30.4 Å². The number of carbonyl (C=O) groups is 3. The largest absolute Gasteiger partial charge is 0.338 e. The number of benzene rings is 1. The van der Waals surface area contributed by atoms with Gasteiger partial charge in [0.2, 0.25) is 0 Å². The molecule has 1 spiro atoms. The molecule has 1 aromatic carbocycles. The monoisotopic (exact) mass is 489 g/mol. The van der Waals surface area contributed by atoms with E-state index in [0.29, 0.717) is 35.9 Å². The second-order valence-corrected chi connectivity index (χ2v) is 11.7. The number of piperidine rings is 1. The Bertz CT molecular complexity index is 1180. The predicted octanol–water partition coefficient (Wildman–Crippen LogP) is 3.29. The fourth-order valence-corrected chi connectivity index (χ4v) is 6.29. The molecule has 2 aromatic rings. The van der Waals surface area contributed by atoms with E-state index in [9.17, 15) is 22.8 Å². The Kier molecular flexibility index (Phi) is 6.32. The van der Waals surface area contributed by atoms with Gasteiger partial charge in [-0.15, -0.1) is 11.3 Å². The maximum absolute atomic E-state index is 12.8. The number of nitrogens with one attached hydrogen (secondary N) is 1. The average molecular weight is 490 g/mol. The van der Waals surface area contributed by atoms with Gasteiger partial charge in [-0.1, -0.05) is 17.7 Å². The van der Waals surface area contributed by atoms with Gasteiger partial charge in [-0.05, 0) is 62.8 Å². The highest BCUT2D eigenvalue weighted by atomic mass is 32.2. The number of carbonyl (C=O) groups excluding carboxylic acids is 3. The summed E-state index contributed by atoms with van der Waals surface area (Å²) < 4.78 is 27.3. The van der Waals surface area contributed by atoms with Crippen LogP contribution < -0.4 is 4.72 Å². The van der Waals surface area contributed by atoms with Gasteiger partial charge in [0.05, 0.1) is 14.6 Å². The number of Topliss-reactive ketones (excluding diaryl/α,β-unsaturated/α-hetero) is 1. The molecule has 0 aliphatic carbocycles. The maximum Gasteiger partial charge on any atom is 0.331 e. The van der Waals surface area contributed by atoms with Gasteiger partial charge in [0.1, 0.15) is 0 Å². The molecule has 176 valence electrons. The van der Waals surface area contributed by atoms with Gasteiger partial charge in [-0.2, -0.15) is 0 Å². The minimum Gasteiger partial charge on any atom is -0.338 e. The van der Waals surface area contributed by atoms with E-state index in [1.54, 1.807) is 34.1 Å². The Hall–Kier alpha value is -2.72. The van der Waals surface area contributed by atoms with E-state index in [1.807, 2.05) is 6.92 Å². The highest BCUT2D eigenvalue weighted by Gasteiger charge is 2.43. The number of nitrogens with zero attached hydrogens (tertiary/aromatic N) is 2. The molecule has 1 aromatic heterocycles. The highest BCUT2D eigenvalue weighted by molar-refractivity contribution is 7.90. The van der Waals surface area contributed by atoms with E-state index < -0.39 is 16.1 Å². The molecule has 8 nitrogen and oxygen atoms in total. The van der Waals surface area contributed by atoms with Crippen molar-refractivity contribution < 1.29 is 22.8 Å². The molecule has 1 N–H and O–H groups in total. The molecule has 0 unspecified atom stereocenters. The van der Waals surface area contributed by atoms with Crippen LogP contribution in [0.25, 0.3) is 0 Å². The molecule has 0 saturated carbocycles. The van der Waals surface area contributed by atoms with Gasteiger partial charge in [-0.3, -0.25) is 9.59 Å². The number of rotatable bonds is 4. The van der Waals surface area contributed by atoms with Crippen LogP contribution in [0.15, 0.2) is 41.3 Å². The van der Waals surface area contributed by atoms with Crippen LogP contribution in [0.2, 0.25) is 0 Å². The Morgan fingerprint density at radius 1 is 0.909 bits per heavy atom. The van der Waals surface area contributed by atoms with Gasteiger partial charge in [0.25, 0.3) is 15.9 Å². The standard InChI is InChI=1S/C23H27N3O5S2/c1-16-3-5-18(6-4-16)33(30,31)24-22(29)26-14-11-23(15-26)9-12-25(13-10-23)21(28)20-8-7-19(32-20)17(2)27/h3-8H,9-15H2,1-2H3,(H,24,29). The van der Waals surface area contributed by atoms with E-state index in [4.69, 9.17) is 0 Å². The van der Waals surface area contributed by atoms with Crippen molar-refractivity contribution >= 4 is 39.1 Å². The number of urea groups is 1. The van der Waals surface area contributed by atoms with Gasteiger partial charge in [0.15, 0.2) is 5.78 Å². The van der Waals surface area contributed by atoms with E-state index >= 15 is 0 Å². The highest BCUT2D eigenvalue weighted by Crippen LogP contribution is 2.41. The fourth-order valence-electron chi connectivity index (χ4n) is 4.45. The lowest BCUT2D eigenvalue weighted by atomic mass is 9.78. The van der Waals surface area contributed by atoms with E-state index in [-0.39, 0.29) is 22.0 Å². The Morgan fingerprint density at radius 3 is 2.06 bits per heavy atom. The Balaban J connectivity index is 1.34. The van der Waals surface area contributed by atoms with Crippen LogP contribution in [0.4, 0.5) is 4.79 Å². The number of thiophene rings is 1. The molecular weight excluding hydrogens is 462 g/mol. The number of aryl methyl sites for hydroxylation is 1. The summed E-state index contributed by atoms with van der Waals surface area (Å²) in [5.74, 6) is -0.121. The molecule has 2 saturated heterocycles. The second kappa shape index (κ2) is 8.90. The van der Waals surface area contributed by atoms with Crippen molar-refractivity contribution in [3.05, 3.63) is 51.7 Å². The van der Waals surface area contributed by atoms with Crippen LogP contribution in [0.3, 0.4) is 0 Å². The summed E-state index contributed by atoms with van der Waals surface area (Å²) in [4.78, 5) is 41.5. The van der Waals surface area contributed by atoms with Crippen molar-refractivity contribution in [2.45, 2.75) is 38.0 Å². The third-order valence-corrected chi connectivity index (χ3v) is 9.06. The van der Waals surface area contributed by atoms with Crippen LogP contribution in [0, 0.1) is 12.3 Å². The summed E-state index contributed by atoms with van der Waals surface area (Å²) in [5.41, 5.74) is 0.826. The normalized spacial score (nSPS) is 17.9. The van der Waals surface area contributed by atoms with Gasteiger partial charge < -0.3 is 9.80 Å². The minimum absolute atomic E-state index is 0.0506. The number of likely N-dealkylation sites (tertiary alicyclic amines) is 2. The summed E-state index contributed by atoms with van der Waals surface area (Å²) in [5, 5.41) is 0. The zero-order valence-electron chi connectivity index (χ0n) is 18.7. The number of ketones is 1. The zero-order valence-corrected chi connectivity index (χ0v) is 20.3. The lowest BCUT2D eigenvalue weighted by Gasteiger charge is -2.39. The van der Waals surface area contributed by atoms with E-state index in [2.05, 4.69) is 4.72 Å². The quantitative estimate of drug-likeness (QED) is 0.664. The number of hydrogen-bond acceptors (Lipinski definition) is 6. The summed E-state index contributed by atoms with van der Waals surface area (Å²) >= 11 is 1.22. The van der Waals surface area contributed by atoms with Crippen molar-refractivity contribution in [1.29, 1.82) is 0 Å². The molecular formula is C23H27N3O5S2. The first kappa shape index (κ1) is 23.4. The lowest BCUT2D eigenvalue weighted by Crippen LogP contribution is -2.46. The minimum atomic E-state index is -3.93. The third-order valence-electron chi connectivity index (χ3n) is 6.55. The predicted molar refractivity (Wildman–Crippen MR) is 125 cm³/mol. The molecule has 3 heterocycles. The van der Waals surface area contributed by atoms with E-state index in [0.717, 1.165) is 24.8 Å². The molecule has 10 heteroatoms. The number of hydrogen-bond donors (Lipinski definition) is 1. The van der Waals surface area contributed by atoms with Crippen molar-refractivity contribution in [2.75, 3.05) is 26.2 Å². The third kappa shape index (κ3) is 4.96. The number of amides is 3. The first-order valence-electron chi connectivity index (χ1n) is 10.9. The topological polar surface area (TPSA) is 104 Å². The SMILES string of the molecule is CC(=O)c1ccc(C(=O)N2CCC3(CCN(C(=O)NS(=O)(=O)c4ccc(C)cc4)C3)CC2)s1. The van der Waals surface area contributed by atoms with Crippen LogP contribution >= 0.6 is 11.3 Å². The maximum atomic E-state index is 12.8. The smallest absolute Gasteiger partial charge is 0.331 e. The molecule has 0 radical (unpaired) electrons. The summed E-state index contributed by atoms with van der Waals surface area (Å²) in [6.45, 7) is 5.44. The summed E-state index contributed by atoms with van der Waals surface area (Å²) in [6, 6.07) is 9.12. The van der Waals surface area contributed by atoms with Crippen molar-refractivity contribution in [2.24, 2.45) is 5.41 Å². The summed E-state index contributed by atoms with van der Waals surface area (Å²) in [7, 11) is -3.93. The van der Waals surface area contributed by atoms with Gasteiger partial charge >= 0.3 is 6.03 Å². The molecule has 0 atom stereocenters. The first-order valence-corrected chi connectivity index (χ1v) is 13.2. The molecule has 0 bridgehead atoms. The zero-order chi connectivity index (χ0) is 23.8. The molecule has 2 aliphatic rings. The van der Waals surface area contributed by atoms with Crippen molar-refractivity contribution in [3.63, 3.8) is 0 Å². The van der Waals surface area contributed by atoms with Crippen LogP contribution in [0.1, 0.15) is 51.1 Å². The van der Waals surface area contributed by atoms with Gasteiger partial charge in [-0.25, -0.2) is 17.9 Å². The lowest BCUT2D eigenvalue weighted by molar-refractivity contribution is 0.0598. The first-order chi connectivity index (χ1) is 15.6. The molecule has 2 fully saturated rings. The van der Waals surface area contributed by atoms with Crippen molar-refractivity contribution in [3.8, 4) is 0 Å². The van der Waals surface area contributed by atoms with Crippen LogP contribution in [0.5, 0.6) is 0 Å². The number of sulfonamides is 1. The molecule has 33 heavy (non-hydrogen) atoms. The van der Waals surface area contributed by atoms with Crippen molar-refractivity contribution in [1.82, 2.24) is 14.5 Å². The van der Waals surface area contributed by atoms with Crippen LogP contribution in [-0.4, -0.2) is 62.1 Å². The Morgan fingerprint density at radius 2 is 1.48 bits per heavy atom. The van der Waals surface area contributed by atoms with Crippen LogP contribution in [-0.2, 0) is 10.0 Å². The Labute approximate surface area is 197 Å². The average Bonchev–Trinajstić information content (AvgIpc) is 3.42. The molecule has 2 aliphatic heterocycles. The van der Waals surface area contributed by atoms with Gasteiger partial charge in [0, 0.05) is 26.2 Å². The summed E-state index contributed by atoms with van der Waals surface area (Å²) in [6.07, 6.45) is 2.27. The second-order valence-electron chi connectivity index (χ2n) is 8.91. The fraction of sp³-hybridized carbons (Fsp3) is 0.435. The molecule has 4 rings (SSSR count). The molecule has 3 amide bonds.